The van der Waals surface area contributed by atoms with Gasteiger partial charge in [0.1, 0.15) is 0 Å². The average molecular weight is 455 g/mol. The van der Waals surface area contributed by atoms with Gasteiger partial charge in [0.15, 0.2) is 11.0 Å². The zero-order chi connectivity index (χ0) is 23.1. The van der Waals surface area contributed by atoms with Gasteiger partial charge in [0.05, 0.1) is 31.1 Å². The maximum Gasteiger partial charge on any atom is 0.337 e. The van der Waals surface area contributed by atoms with E-state index < -0.39 is 11.9 Å². The highest BCUT2D eigenvalue weighted by atomic mass is 32.2. The molecule has 32 heavy (non-hydrogen) atoms. The van der Waals surface area contributed by atoms with Gasteiger partial charge in [0.2, 0.25) is 5.91 Å². The number of amides is 1. The first-order chi connectivity index (χ1) is 15.5. The van der Waals surface area contributed by atoms with Crippen molar-refractivity contribution in [2.24, 2.45) is 0 Å². The van der Waals surface area contributed by atoms with E-state index in [1.807, 2.05) is 23.6 Å². The molecule has 0 saturated carbocycles. The van der Waals surface area contributed by atoms with Crippen molar-refractivity contribution in [2.45, 2.75) is 18.6 Å². The minimum atomic E-state index is -0.639. The van der Waals surface area contributed by atoms with Gasteiger partial charge in [-0.3, -0.25) is 9.78 Å². The lowest BCUT2D eigenvalue weighted by atomic mass is 10.1. The van der Waals surface area contributed by atoms with Crippen LogP contribution in [-0.2, 0) is 20.8 Å². The first-order valence-electron chi connectivity index (χ1n) is 9.54. The molecule has 0 bridgehead atoms. The number of ether oxygens (including phenoxy) is 2. The molecule has 3 rings (SSSR count). The predicted molar refractivity (Wildman–Crippen MR) is 117 cm³/mol. The smallest absolute Gasteiger partial charge is 0.337 e. The van der Waals surface area contributed by atoms with Gasteiger partial charge in [-0.2, -0.15) is 0 Å². The van der Waals surface area contributed by atoms with Crippen LogP contribution in [-0.4, -0.2) is 57.6 Å². The van der Waals surface area contributed by atoms with Gasteiger partial charge in [-0.15, -0.1) is 10.2 Å². The van der Waals surface area contributed by atoms with E-state index in [-0.39, 0.29) is 28.5 Å². The molecule has 0 atom stereocenters. The van der Waals surface area contributed by atoms with Crippen LogP contribution in [0.5, 0.6) is 0 Å². The van der Waals surface area contributed by atoms with Crippen LogP contribution in [0.4, 0.5) is 5.69 Å². The van der Waals surface area contributed by atoms with Crippen LogP contribution < -0.4 is 5.32 Å². The average Bonchev–Trinajstić information content (AvgIpc) is 3.24. The fourth-order valence-electron chi connectivity index (χ4n) is 2.89. The topological polar surface area (TPSA) is 125 Å². The number of carbonyl (C=O) groups excluding carboxylic acids is 3. The third-order valence-electron chi connectivity index (χ3n) is 4.34. The highest BCUT2D eigenvalue weighted by Crippen LogP contribution is 2.24. The minimum Gasteiger partial charge on any atom is -0.465 e. The molecule has 11 heteroatoms. The fourth-order valence-corrected chi connectivity index (χ4v) is 3.69. The molecule has 0 saturated heterocycles. The van der Waals surface area contributed by atoms with Crippen LogP contribution in [0.3, 0.4) is 0 Å². The molecule has 0 fully saturated rings. The minimum absolute atomic E-state index is 0.0428. The maximum absolute atomic E-state index is 12.5. The summed E-state index contributed by atoms with van der Waals surface area (Å²) in [5.74, 6) is -0.918. The van der Waals surface area contributed by atoms with Crippen LogP contribution in [0.1, 0.15) is 27.6 Å². The molecule has 0 radical (unpaired) electrons. The lowest BCUT2D eigenvalue weighted by Gasteiger charge is -2.10. The second-order valence-corrected chi connectivity index (χ2v) is 7.35. The number of carbonyl (C=O) groups is 3. The SMILES string of the molecule is CCn1c(SCC(=O)Nc2cc(C(=O)OC)cc(C(=O)OC)c2)nnc1-c1cccnc1. The van der Waals surface area contributed by atoms with Crippen molar-refractivity contribution >= 4 is 35.3 Å². The van der Waals surface area contributed by atoms with Crippen molar-refractivity contribution in [1.82, 2.24) is 19.7 Å². The van der Waals surface area contributed by atoms with Gasteiger partial charge in [-0.05, 0) is 37.3 Å². The van der Waals surface area contributed by atoms with Gasteiger partial charge in [-0.25, -0.2) is 9.59 Å². The summed E-state index contributed by atoms with van der Waals surface area (Å²) in [5.41, 5.74) is 1.33. The molecule has 0 spiro atoms. The second kappa shape index (κ2) is 10.5. The van der Waals surface area contributed by atoms with Gasteiger partial charge < -0.3 is 19.4 Å². The van der Waals surface area contributed by atoms with Gasteiger partial charge in [-0.1, -0.05) is 11.8 Å². The largest absolute Gasteiger partial charge is 0.465 e. The first-order valence-corrected chi connectivity index (χ1v) is 10.5. The third kappa shape index (κ3) is 5.30. The van der Waals surface area contributed by atoms with Crippen molar-refractivity contribution in [3.63, 3.8) is 0 Å². The lowest BCUT2D eigenvalue weighted by Crippen LogP contribution is -2.16. The Bertz CT molecular complexity index is 1100. The molecule has 1 amide bonds. The van der Waals surface area contributed by atoms with Crippen molar-refractivity contribution in [3.8, 4) is 11.4 Å². The van der Waals surface area contributed by atoms with E-state index >= 15 is 0 Å². The summed E-state index contributed by atoms with van der Waals surface area (Å²) in [6, 6.07) is 7.89. The number of anilines is 1. The number of pyridine rings is 1. The molecule has 2 aromatic heterocycles. The van der Waals surface area contributed by atoms with Gasteiger partial charge >= 0.3 is 11.9 Å². The molecule has 3 aromatic rings. The van der Waals surface area contributed by atoms with Crippen LogP contribution in [0.15, 0.2) is 47.9 Å². The Labute approximate surface area is 188 Å². The van der Waals surface area contributed by atoms with Crippen molar-refractivity contribution in [2.75, 3.05) is 25.3 Å². The Morgan fingerprint density at radius 2 is 1.75 bits per heavy atom. The Kier molecular flexibility index (Phi) is 7.55. The number of aromatic nitrogens is 4. The van der Waals surface area contributed by atoms with E-state index in [0.29, 0.717) is 17.5 Å². The Balaban J connectivity index is 1.73. The molecule has 1 N–H and O–H groups in total. The zero-order valence-corrected chi connectivity index (χ0v) is 18.5. The number of esters is 2. The number of nitrogens with one attached hydrogen (secondary N) is 1. The molecule has 10 nitrogen and oxygen atoms in total. The van der Waals surface area contributed by atoms with E-state index in [0.717, 1.165) is 5.56 Å². The monoisotopic (exact) mass is 455 g/mol. The van der Waals surface area contributed by atoms with Crippen molar-refractivity contribution < 1.29 is 23.9 Å². The van der Waals surface area contributed by atoms with Crippen molar-refractivity contribution in [3.05, 3.63) is 53.9 Å². The normalized spacial score (nSPS) is 10.5. The Hall–Kier alpha value is -3.73. The molecule has 2 heterocycles. The molecule has 166 valence electrons. The highest BCUT2D eigenvalue weighted by molar-refractivity contribution is 7.99. The van der Waals surface area contributed by atoms with E-state index in [2.05, 4.69) is 20.5 Å². The first kappa shape index (κ1) is 22.9. The number of methoxy groups -OCH3 is 2. The number of rotatable bonds is 8. The lowest BCUT2D eigenvalue weighted by molar-refractivity contribution is -0.113. The number of nitrogens with zero attached hydrogens (tertiary/aromatic N) is 4. The van der Waals surface area contributed by atoms with Crippen LogP contribution in [0.2, 0.25) is 0 Å². The summed E-state index contributed by atoms with van der Waals surface area (Å²) in [7, 11) is 2.46. The van der Waals surface area contributed by atoms with E-state index in [1.54, 1.807) is 12.4 Å². The molecular formula is C21H21N5O5S. The standard InChI is InChI=1S/C21H21N5O5S/c1-4-26-18(13-6-5-7-22-11-13)24-25-21(26)32-12-17(27)23-16-9-14(19(28)30-2)8-15(10-16)20(29)31-3/h5-11H,4,12H2,1-3H3,(H,23,27). The second-order valence-electron chi connectivity index (χ2n) is 6.41. The molecule has 0 aliphatic rings. The molecule has 0 aliphatic heterocycles. The quantitative estimate of drug-likeness (QED) is 0.403. The summed E-state index contributed by atoms with van der Waals surface area (Å²) in [6.45, 7) is 2.57. The zero-order valence-electron chi connectivity index (χ0n) is 17.7. The summed E-state index contributed by atoms with van der Waals surface area (Å²) in [5, 5.41) is 11.7. The van der Waals surface area contributed by atoms with Crippen molar-refractivity contribution in [1.29, 1.82) is 0 Å². The van der Waals surface area contributed by atoms with Gasteiger partial charge in [0, 0.05) is 30.2 Å². The number of hydrogen-bond donors (Lipinski definition) is 1. The summed E-state index contributed by atoms with van der Waals surface area (Å²) >= 11 is 1.22. The summed E-state index contributed by atoms with van der Waals surface area (Å²) in [6.07, 6.45) is 3.38. The molecule has 1 aromatic carbocycles. The summed E-state index contributed by atoms with van der Waals surface area (Å²) < 4.78 is 11.3. The predicted octanol–water partition coefficient (Wildman–Crippen LogP) is 2.66. The highest BCUT2D eigenvalue weighted by Gasteiger charge is 2.17. The molecule has 0 aliphatic carbocycles. The number of thioether (sulfide) groups is 1. The maximum atomic E-state index is 12.5. The molecule has 0 unspecified atom stereocenters. The third-order valence-corrected chi connectivity index (χ3v) is 5.31. The molecular weight excluding hydrogens is 434 g/mol. The van der Waals surface area contributed by atoms with E-state index in [9.17, 15) is 14.4 Å². The Morgan fingerprint density at radius 1 is 1.06 bits per heavy atom. The van der Waals surface area contributed by atoms with E-state index in [1.165, 1.54) is 44.2 Å². The Morgan fingerprint density at radius 3 is 2.31 bits per heavy atom. The number of hydrogen-bond acceptors (Lipinski definition) is 9. The van der Waals surface area contributed by atoms with Crippen LogP contribution >= 0.6 is 11.8 Å². The van der Waals surface area contributed by atoms with Crippen LogP contribution in [0.25, 0.3) is 11.4 Å². The number of benzene rings is 1. The fraction of sp³-hybridized carbons (Fsp3) is 0.238. The van der Waals surface area contributed by atoms with Crippen LogP contribution in [0, 0.1) is 0 Å². The van der Waals surface area contributed by atoms with Gasteiger partial charge in [0.25, 0.3) is 0 Å². The summed E-state index contributed by atoms with van der Waals surface area (Å²) in [4.78, 5) is 40.4. The van der Waals surface area contributed by atoms with E-state index in [4.69, 9.17) is 9.47 Å².